The van der Waals surface area contributed by atoms with Crippen molar-refractivity contribution in [2.75, 3.05) is 12.3 Å². The fourth-order valence-corrected chi connectivity index (χ4v) is 3.26. The Bertz CT molecular complexity index is 386. The summed E-state index contributed by atoms with van der Waals surface area (Å²) >= 11 is 1.30. The third kappa shape index (κ3) is 3.65. The van der Waals surface area contributed by atoms with E-state index in [1.54, 1.807) is 12.1 Å². The van der Waals surface area contributed by atoms with E-state index in [2.05, 4.69) is 5.32 Å². The highest BCUT2D eigenvalue weighted by Crippen LogP contribution is 2.36. The first-order chi connectivity index (χ1) is 8.57. The molecule has 0 bridgehead atoms. The Balaban J connectivity index is 2.00. The fraction of sp³-hybridized carbons (Fsp3) is 0.538. The molecule has 1 atom stereocenters. The topological polar surface area (TPSA) is 12.0 Å². The van der Waals surface area contributed by atoms with Crippen LogP contribution in [0.25, 0.3) is 0 Å². The number of hydrogen-bond donors (Lipinski definition) is 1. The second kappa shape index (κ2) is 5.97. The van der Waals surface area contributed by atoms with Gasteiger partial charge in [-0.1, -0.05) is 18.6 Å². The molecule has 0 spiro atoms. The standard InChI is InChI=1S/C13H16F3NS/c14-13(15,16)11-6-1-2-7-12(11)18-9-10-5-3-4-8-17-10/h1-2,6-7,10,17H,3-5,8-9H2. The van der Waals surface area contributed by atoms with Gasteiger partial charge >= 0.3 is 6.18 Å². The summed E-state index contributed by atoms with van der Waals surface area (Å²) < 4.78 is 38.4. The Morgan fingerprint density at radius 3 is 2.67 bits per heavy atom. The molecule has 1 aliphatic rings. The number of alkyl halides is 3. The molecule has 5 heteroatoms. The Morgan fingerprint density at radius 2 is 2.00 bits per heavy atom. The molecule has 18 heavy (non-hydrogen) atoms. The van der Waals surface area contributed by atoms with Gasteiger partial charge in [-0.2, -0.15) is 13.2 Å². The van der Waals surface area contributed by atoms with Crippen LogP contribution in [-0.2, 0) is 6.18 Å². The zero-order chi connectivity index (χ0) is 13.0. The maximum absolute atomic E-state index is 12.8. The van der Waals surface area contributed by atoms with E-state index in [1.165, 1.54) is 30.7 Å². The monoisotopic (exact) mass is 275 g/mol. The van der Waals surface area contributed by atoms with E-state index in [9.17, 15) is 13.2 Å². The summed E-state index contributed by atoms with van der Waals surface area (Å²) in [7, 11) is 0. The number of benzene rings is 1. The number of halogens is 3. The van der Waals surface area contributed by atoms with E-state index in [0.717, 1.165) is 19.0 Å². The van der Waals surface area contributed by atoms with E-state index in [0.29, 0.717) is 16.7 Å². The maximum atomic E-state index is 12.8. The third-order valence-corrected chi connectivity index (χ3v) is 4.28. The average Bonchev–Trinajstić information content (AvgIpc) is 2.37. The normalized spacial score (nSPS) is 20.9. The highest BCUT2D eigenvalue weighted by Gasteiger charge is 2.33. The fourth-order valence-electron chi connectivity index (χ4n) is 2.08. The molecule has 1 saturated heterocycles. The largest absolute Gasteiger partial charge is 0.417 e. The molecule has 1 heterocycles. The number of piperidine rings is 1. The van der Waals surface area contributed by atoms with Gasteiger partial charge in [0.15, 0.2) is 0 Å². The Morgan fingerprint density at radius 1 is 1.22 bits per heavy atom. The molecule has 1 aromatic carbocycles. The first-order valence-electron chi connectivity index (χ1n) is 6.10. The Hall–Kier alpha value is -0.680. The predicted molar refractivity (Wildman–Crippen MR) is 67.8 cm³/mol. The molecular weight excluding hydrogens is 259 g/mol. The molecule has 0 aromatic heterocycles. The number of hydrogen-bond acceptors (Lipinski definition) is 2. The quantitative estimate of drug-likeness (QED) is 0.839. The van der Waals surface area contributed by atoms with E-state index >= 15 is 0 Å². The van der Waals surface area contributed by atoms with Crippen molar-refractivity contribution in [3.8, 4) is 0 Å². The first kappa shape index (κ1) is 13.7. The third-order valence-electron chi connectivity index (χ3n) is 3.04. The lowest BCUT2D eigenvalue weighted by Crippen LogP contribution is -2.35. The van der Waals surface area contributed by atoms with Crippen molar-refractivity contribution in [1.82, 2.24) is 5.32 Å². The zero-order valence-corrected chi connectivity index (χ0v) is 10.8. The van der Waals surface area contributed by atoms with Crippen LogP contribution in [0.5, 0.6) is 0 Å². The molecule has 0 saturated carbocycles. The summed E-state index contributed by atoms with van der Waals surface area (Å²) in [6.07, 6.45) is -0.871. The van der Waals surface area contributed by atoms with Crippen LogP contribution in [0.15, 0.2) is 29.2 Å². The molecule has 1 aliphatic heterocycles. The van der Waals surface area contributed by atoms with Crippen LogP contribution in [0.4, 0.5) is 13.2 Å². The van der Waals surface area contributed by atoms with Crippen LogP contribution in [-0.4, -0.2) is 18.3 Å². The molecule has 0 radical (unpaired) electrons. The number of rotatable bonds is 3. The van der Waals surface area contributed by atoms with Crippen molar-refractivity contribution in [2.45, 2.75) is 36.4 Å². The maximum Gasteiger partial charge on any atom is 0.417 e. The van der Waals surface area contributed by atoms with Gasteiger partial charge in [-0.25, -0.2) is 0 Å². The van der Waals surface area contributed by atoms with Crippen molar-refractivity contribution in [3.63, 3.8) is 0 Å². The summed E-state index contributed by atoms with van der Waals surface area (Å²) in [5, 5.41) is 3.35. The van der Waals surface area contributed by atoms with Crippen LogP contribution >= 0.6 is 11.8 Å². The second-order valence-corrected chi connectivity index (χ2v) is 5.51. The van der Waals surface area contributed by atoms with Crippen molar-refractivity contribution < 1.29 is 13.2 Å². The van der Waals surface area contributed by atoms with Gasteiger partial charge in [0, 0.05) is 16.7 Å². The molecule has 100 valence electrons. The second-order valence-electron chi connectivity index (χ2n) is 4.45. The molecule has 1 fully saturated rings. The molecule has 2 rings (SSSR count). The molecule has 0 aliphatic carbocycles. The van der Waals surface area contributed by atoms with Crippen molar-refractivity contribution in [1.29, 1.82) is 0 Å². The van der Waals surface area contributed by atoms with Gasteiger partial charge in [-0.15, -0.1) is 11.8 Å². The smallest absolute Gasteiger partial charge is 0.313 e. The molecule has 1 aromatic rings. The first-order valence-corrected chi connectivity index (χ1v) is 7.08. The predicted octanol–water partition coefficient (Wildman–Crippen LogP) is 3.94. The van der Waals surface area contributed by atoms with Crippen LogP contribution in [0.2, 0.25) is 0 Å². The van der Waals surface area contributed by atoms with Crippen LogP contribution < -0.4 is 5.32 Å². The number of nitrogens with one attached hydrogen (secondary N) is 1. The van der Waals surface area contributed by atoms with Crippen LogP contribution in [0.3, 0.4) is 0 Å². The minimum absolute atomic E-state index is 0.331. The molecule has 1 unspecified atom stereocenters. The minimum atomic E-state index is -4.26. The van der Waals surface area contributed by atoms with Crippen LogP contribution in [0.1, 0.15) is 24.8 Å². The van der Waals surface area contributed by atoms with Gasteiger partial charge in [-0.3, -0.25) is 0 Å². The summed E-state index contributed by atoms with van der Waals surface area (Å²) in [5.74, 6) is 0.701. The van der Waals surface area contributed by atoms with Crippen molar-refractivity contribution in [2.24, 2.45) is 0 Å². The highest BCUT2D eigenvalue weighted by molar-refractivity contribution is 7.99. The molecule has 0 amide bonds. The lowest BCUT2D eigenvalue weighted by atomic mass is 10.1. The molecule has 1 N–H and O–H groups in total. The van der Waals surface area contributed by atoms with E-state index in [1.807, 2.05) is 0 Å². The molecular formula is C13H16F3NS. The van der Waals surface area contributed by atoms with Gasteiger partial charge in [0.05, 0.1) is 5.56 Å². The van der Waals surface area contributed by atoms with Gasteiger partial charge in [0.1, 0.15) is 0 Å². The van der Waals surface area contributed by atoms with Crippen LogP contribution in [0, 0.1) is 0 Å². The SMILES string of the molecule is FC(F)(F)c1ccccc1SCC1CCCCN1. The summed E-state index contributed by atoms with van der Waals surface area (Å²) in [6, 6.07) is 6.13. The van der Waals surface area contributed by atoms with Gasteiger partial charge < -0.3 is 5.32 Å². The van der Waals surface area contributed by atoms with Gasteiger partial charge in [0.2, 0.25) is 0 Å². The van der Waals surface area contributed by atoms with Crippen molar-refractivity contribution >= 4 is 11.8 Å². The Labute approximate surface area is 109 Å². The average molecular weight is 275 g/mol. The zero-order valence-electron chi connectivity index (χ0n) is 9.96. The van der Waals surface area contributed by atoms with E-state index < -0.39 is 11.7 Å². The summed E-state index contributed by atoms with van der Waals surface area (Å²) in [4.78, 5) is 0.331. The van der Waals surface area contributed by atoms with E-state index in [-0.39, 0.29) is 0 Å². The lowest BCUT2D eigenvalue weighted by molar-refractivity contribution is -0.139. The lowest BCUT2D eigenvalue weighted by Gasteiger charge is -2.23. The number of thioether (sulfide) groups is 1. The summed E-state index contributed by atoms with van der Waals surface area (Å²) in [6.45, 7) is 0.978. The summed E-state index contributed by atoms with van der Waals surface area (Å²) in [5.41, 5.74) is -0.522. The van der Waals surface area contributed by atoms with Gasteiger partial charge in [-0.05, 0) is 31.5 Å². The molecule has 1 nitrogen and oxygen atoms in total. The van der Waals surface area contributed by atoms with E-state index in [4.69, 9.17) is 0 Å². The van der Waals surface area contributed by atoms with Crippen molar-refractivity contribution in [3.05, 3.63) is 29.8 Å². The van der Waals surface area contributed by atoms with Gasteiger partial charge in [0.25, 0.3) is 0 Å². The Kier molecular flexibility index (Phi) is 4.56. The minimum Gasteiger partial charge on any atom is -0.313 e. The highest BCUT2D eigenvalue weighted by atomic mass is 32.2.